The Balaban J connectivity index is 3.81. The van der Waals surface area contributed by atoms with E-state index in [0.717, 1.165) is 0 Å². The van der Waals surface area contributed by atoms with Gasteiger partial charge in [-0.1, -0.05) is 0 Å². The fourth-order valence-corrected chi connectivity index (χ4v) is 2.20. The van der Waals surface area contributed by atoms with Crippen LogP contribution in [0.5, 0.6) is 0 Å². The molecule has 10 heavy (non-hydrogen) atoms. The molecule has 0 aliphatic carbocycles. The molecular weight excluding hydrogens is 144 g/mol. The third-order valence-corrected chi connectivity index (χ3v) is 3.70. The van der Waals surface area contributed by atoms with Gasteiger partial charge in [0.25, 0.3) is 0 Å². The molecule has 0 fully saturated rings. The molecule has 2 nitrogen and oxygen atoms in total. The predicted octanol–water partition coefficient (Wildman–Crippen LogP) is 1.86. The SMILES string of the molecule is C=C[Si](C)(OCC)OCC. The van der Waals surface area contributed by atoms with Crippen LogP contribution < -0.4 is 0 Å². The number of rotatable bonds is 5. The van der Waals surface area contributed by atoms with Crippen molar-refractivity contribution in [2.75, 3.05) is 13.2 Å². The molecule has 60 valence electrons. The molecule has 3 heteroatoms. The number of hydrogen-bond acceptors (Lipinski definition) is 2. The molecule has 0 bridgehead atoms. The first-order chi connectivity index (χ1) is 4.68. The van der Waals surface area contributed by atoms with Gasteiger partial charge in [-0.3, -0.25) is 0 Å². The van der Waals surface area contributed by atoms with E-state index in [-0.39, 0.29) is 0 Å². The van der Waals surface area contributed by atoms with E-state index in [9.17, 15) is 0 Å². The summed E-state index contributed by atoms with van der Waals surface area (Å²) in [6.45, 7) is 11.0. The molecule has 0 aromatic rings. The van der Waals surface area contributed by atoms with Crippen molar-refractivity contribution in [2.45, 2.75) is 20.4 Å². The van der Waals surface area contributed by atoms with E-state index in [1.807, 2.05) is 20.4 Å². The van der Waals surface area contributed by atoms with Gasteiger partial charge in [-0.05, 0) is 26.1 Å². The summed E-state index contributed by atoms with van der Waals surface area (Å²) in [5.41, 5.74) is 1.81. The summed E-state index contributed by atoms with van der Waals surface area (Å²) in [5, 5.41) is 0. The molecular formula is C7H16O2Si. The van der Waals surface area contributed by atoms with Crippen molar-refractivity contribution >= 4 is 8.56 Å². The normalized spacial score (nSPS) is 11.5. The van der Waals surface area contributed by atoms with E-state index in [2.05, 4.69) is 6.58 Å². The second-order valence-corrected chi connectivity index (χ2v) is 5.10. The Morgan fingerprint density at radius 2 is 1.70 bits per heavy atom. The van der Waals surface area contributed by atoms with Crippen LogP contribution in [0, 0.1) is 0 Å². The average molecular weight is 160 g/mol. The van der Waals surface area contributed by atoms with Crippen molar-refractivity contribution in [3.63, 3.8) is 0 Å². The third kappa shape index (κ3) is 3.15. The fraction of sp³-hybridized carbons (Fsp3) is 0.714. The Labute approximate surface area is 64.1 Å². The summed E-state index contributed by atoms with van der Waals surface area (Å²) in [6.07, 6.45) is 0. The molecule has 0 atom stereocenters. The van der Waals surface area contributed by atoms with Crippen LogP contribution in [-0.4, -0.2) is 21.8 Å². The summed E-state index contributed by atoms with van der Waals surface area (Å²) in [7, 11) is -1.96. The quantitative estimate of drug-likeness (QED) is 0.571. The lowest BCUT2D eigenvalue weighted by Gasteiger charge is -2.21. The second-order valence-electron chi connectivity index (χ2n) is 2.09. The molecule has 0 saturated carbocycles. The molecule has 0 heterocycles. The number of hydrogen-bond donors (Lipinski definition) is 0. The van der Waals surface area contributed by atoms with E-state index in [1.54, 1.807) is 5.70 Å². The van der Waals surface area contributed by atoms with Gasteiger partial charge in [0.15, 0.2) is 0 Å². The van der Waals surface area contributed by atoms with Crippen LogP contribution in [-0.2, 0) is 8.85 Å². The van der Waals surface area contributed by atoms with Crippen molar-refractivity contribution in [2.24, 2.45) is 0 Å². The van der Waals surface area contributed by atoms with Crippen LogP contribution in [0.2, 0.25) is 6.55 Å². The second kappa shape index (κ2) is 4.66. The van der Waals surface area contributed by atoms with Crippen LogP contribution in [0.1, 0.15) is 13.8 Å². The van der Waals surface area contributed by atoms with Gasteiger partial charge in [-0.15, -0.1) is 6.58 Å². The standard InChI is InChI=1S/C7H16O2Si/c1-5-8-10(4,7-3)9-6-2/h7H,3,5-6H2,1-2,4H3. The highest BCUT2D eigenvalue weighted by Crippen LogP contribution is 2.06. The molecule has 0 aromatic heterocycles. The summed E-state index contributed by atoms with van der Waals surface area (Å²) in [6, 6.07) is 0. The van der Waals surface area contributed by atoms with Gasteiger partial charge in [-0.25, -0.2) is 0 Å². The average Bonchev–Trinajstić information content (AvgIpc) is 1.89. The van der Waals surface area contributed by atoms with Crippen LogP contribution in [0.4, 0.5) is 0 Å². The first-order valence-electron chi connectivity index (χ1n) is 3.60. The summed E-state index contributed by atoms with van der Waals surface area (Å²) >= 11 is 0. The summed E-state index contributed by atoms with van der Waals surface area (Å²) < 4.78 is 10.8. The van der Waals surface area contributed by atoms with Crippen LogP contribution in [0.15, 0.2) is 12.3 Å². The zero-order valence-electron chi connectivity index (χ0n) is 7.02. The fourth-order valence-electron chi connectivity index (χ4n) is 0.733. The first-order valence-corrected chi connectivity index (χ1v) is 5.99. The molecule has 0 radical (unpaired) electrons. The van der Waals surface area contributed by atoms with E-state index >= 15 is 0 Å². The van der Waals surface area contributed by atoms with E-state index in [0.29, 0.717) is 13.2 Å². The lowest BCUT2D eigenvalue weighted by molar-refractivity contribution is 0.201. The third-order valence-electron chi connectivity index (χ3n) is 1.23. The molecule has 0 saturated heterocycles. The lowest BCUT2D eigenvalue weighted by Crippen LogP contribution is -2.36. The van der Waals surface area contributed by atoms with Gasteiger partial charge in [0, 0.05) is 13.2 Å². The molecule has 0 amide bonds. The van der Waals surface area contributed by atoms with Crippen LogP contribution in [0.25, 0.3) is 0 Å². The zero-order chi connectivity index (χ0) is 8.04. The van der Waals surface area contributed by atoms with Gasteiger partial charge < -0.3 is 8.85 Å². The maximum Gasteiger partial charge on any atom is 0.361 e. The highest BCUT2D eigenvalue weighted by molar-refractivity contribution is 6.71. The molecule has 0 N–H and O–H groups in total. The molecule has 0 aliphatic rings. The molecule has 0 aliphatic heterocycles. The van der Waals surface area contributed by atoms with Gasteiger partial charge in [-0.2, -0.15) is 0 Å². The topological polar surface area (TPSA) is 18.5 Å². The smallest absolute Gasteiger partial charge is 0.361 e. The summed E-state index contributed by atoms with van der Waals surface area (Å²) in [4.78, 5) is 0. The predicted molar refractivity (Wildman–Crippen MR) is 45.1 cm³/mol. The maximum absolute atomic E-state index is 5.42. The van der Waals surface area contributed by atoms with E-state index < -0.39 is 8.56 Å². The largest absolute Gasteiger partial charge is 0.392 e. The van der Waals surface area contributed by atoms with Gasteiger partial charge in [0.2, 0.25) is 0 Å². The van der Waals surface area contributed by atoms with E-state index in [4.69, 9.17) is 8.85 Å². The Hall–Kier alpha value is -0.123. The lowest BCUT2D eigenvalue weighted by atomic mass is 10.9. The molecule has 0 aromatic carbocycles. The van der Waals surface area contributed by atoms with Gasteiger partial charge >= 0.3 is 8.56 Å². The zero-order valence-corrected chi connectivity index (χ0v) is 8.02. The minimum Gasteiger partial charge on any atom is -0.392 e. The van der Waals surface area contributed by atoms with Crippen molar-refractivity contribution < 1.29 is 8.85 Å². The maximum atomic E-state index is 5.42. The monoisotopic (exact) mass is 160 g/mol. The minimum atomic E-state index is -1.96. The van der Waals surface area contributed by atoms with Crippen molar-refractivity contribution in [1.29, 1.82) is 0 Å². The minimum absolute atomic E-state index is 0.703. The first kappa shape index (κ1) is 9.88. The van der Waals surface area contributed by atoms with Gasteiger partial charge in [0.05, 0.1) is 0 Å². The van der Waals surface area contributed by atoms with Crippen LogP contribution >= 0.6 is 0 Å². The summed E-state index contributed by atoms with van der Waals surface area (Å²) in [5.74, 6) is 0. The Morgan fingerprint density at radius 3 is 1.90 bits per heavy atom. The molecule has 0 spiro atoms. The highest BCUT2D eigenvalue weighted by Gasteiger charge is 2.25. The van der Waals surface area contributed by atoms with E-state index in [1.165, 1.54) is 0 Å². The van der Waals surface area contributed by atoms with Crippen molar-refractivity contribution in [3.8, 4) is 0 Å². The highest BCUT2D eigenvalue weighted by atomic mass is 28.4. The Morgan fingerprint density at radius 1 is 1.30 bits per heavy atom. The van der Waals surface area contributed by atoms with Crippen molar-refractivity contribution in [1.82, 2.24) is 0 Å². The van der Waals surface area contributed by atoms with Crippen molar-refractivity contribution in [3.05, 3.63) is 12.3 Å². The van der Waals surface area contributed by atoms with Crippen LogP contribution in [0.3, 0.4) is 0 Å². The Bertz CT molecular complexity index is 97.8. The Kier molecular flexibility index (Phi) is 4.60. The molecule has 0 rings (SSSR count). The van der Waals surface area contributed by atoms with Gasteiger partial charge in [0.1, 0.15) is 0 Å². The molecule has 0 unspecified atom stereocenters.